The van der Waals surface area contributed by atoms with E-state index in [9.17, 15) is 9.18 Å². The third-order valence-corrected chi connectivity index (χ3v) is 2.48. The van der Waals surface area contributed by atoms with Gasteiger partial charge in [0.05, 0.1) is 32.3 Å². The Bertz CT molecular complexity index is 617. The Hall–Kier alpha value is -2.50. The van der Waals surface area contributed by atoms with Crippen molar-refractivity contribution in [2.24, 2.45) is 0 Å². The lowest BCUT2D eigenvalue weighted by atomic mass is 10.1. The Morgan fingerprint density at radius 3 is 2.68 bits per heavy atom. The Morgan fingerprint density at radius 1 is 1.26 bits per heavy atom. The van der Waals surface area contributed by atoms with Crippen molar-refractivity contribution < 1.29 is 18.7 Å². The number of halogens is 1. The van der Waals surface area contributed by atoms with Gasteiger partial charge in [-0.25, -0.2) is 14.2 Å². The molecule has 2 rings (SSSR count). The summed E-state index contributed by atoms with van der Waals surface area (Å²) in [6, 6.07) is 4.35. The maximum atomic E-state index is 13.9. The molecule has 1 aromatic carbocycles. The highest BCUT2D eigenvalue weighted by atomic mass is 19.1. The summed E-state index contributed by atoms with van der Waals surface area (Å²) in [5.74, 6) is -0.725. The number of benzene rings is 1. The molecule has 0 bridgehead atoms. The molecule has 6 heteroatoms. The van der Waals surface area contributed by atoms with Crippen molar-refractivity contribution in [1.29, 1.82) is 0 Å². The normalized spacial score (nSPS) is 10.1. The first-order valence-electron chi connectivity index (χ1n) is 5.40. The molecule has 0 saturated carbocycles. The lowest BCUT2D eigenvalue weighted by molar-refractivity contribution is 0.0593. The molecular weight excluding hydrogens is 251 g/mol. The fraction of sp³-hybridized carbons (Fsp3) is 0.154. The third-order valence-electron chi connectivity index (χ3n) is 2.48. The standard InChI is InChI=1S/C13H11FN2O3/c1-18-8-3-4-9(10(14)5-8)11-6-15-7-12(16-11)13(17)19-2/h3-7H,1-2H3. The van der Waals surface area contributed by atoms with E-state index < -0.39 is 11.8 Å². The first-order valence-corrected chi connectivity index (χ1v) is 5.40. The minimum atomic E-state index is -0.622. The lowest BCUT2D eigenvalue weighted by Crippen LogP contribution is -2.05. The van der Waals surface area contributed by atoms with Crippen LogP contribution in [-0.2, 0) is 4.74 Å². The molecule has 0 saturated heterocycles. The summed E-state index contributed by atoms with van der Waals surface area (Å²) in [5, 5.41) is 0. The summed E-state index contributed by atoms with van der Waals surface area (Å²) < 4.78 is 23.3. The maximum Gasteiger partial charge on any atom is 0.358 e. The fourth-order valence-corrected chi connectivity index (χ4v) is 1.53. The van der Waals surface area contributed by atoms with Crippen LogP contribution in [0.4, 0.5) is 4.39 Å². The quantitative estimate of drug-likeness (QED) is 0.792. The van der Waals surface area contributed by atoms with Crippen LogP contribution in [0, 0.1) is 5.82 Å². The number of hydrogen-bond acceptors (Lipinski definition) is 5. The number of hydrogen-bond donors (Lipinski definition) is 0. The van der Waals surface area contributed by atoms with Gasteiger partial charge in [-0.05, 0) is 12.1 Å². The van der Waals surface area contributed by atoms with Gasteiger partial charge in [-0.1, -0.05) is 0 Å². The van der Waals surface area contributed by atoms with E-state index in [2.05, 4.69) is 14.7 Å². The van der Waals surface area contributed by atoms with Crippen LogP contribution in [0.2, 0.25) is 0 Å². The van der Waals surface area contributed by atoms with E-state index in [-0.39, 0.29) is 17.0 Å². The van der Waals surface area contributed by atoms with E-state index >= 15 is 0 Å². The fourth-order valence-electron chi connectivity index (χ4n) is 1.53. The van der Waals surface area contributed by atoms with Crippen molar-refractivity contribution in [2.45, 2.75) is 0 Å². The van der Waals surface area contributed by atoms with E-state index in [0.29, 0.717) is 5.75 Å². The van der Waals surface area contributed by atoms with Crippen LogP contribution < -0.4 is 4.74 Å². The molecule has 19 heavy (non-hydrogen) atoms. The van der Waals surface area contributed by atoms with Crippen molar-refractivity contribution in [3.05, 3.63) is 42.1 Å². The van der Waals surface area contributed by atoms with Crippen LogP contribution in [0.1, 0.15) is 10.5 Å². The maximum absolute atomic E-state index is 13.9. The molecule has 5 nitrogen and oxygen atoms in total. The zero-order valence-electron chi connectivity index (χ0n) is 10.4. The van der Waals surface area contributed by atoms with Gasteiger partial charge < -0.3 is 9.47 Å². The van der Waals surface area contributed by atoms with Gasteiger partial charge in [0.2, 0.25) is 0 Å². The Kier molecular flexibility index (Phi) is 3.70. The summed E-state index contributed by atoms with van der Waals surface area (Å²) in [7, 11) is 2.69. The van der Waals surface area contributed by atoms with Gasteiger partial charge >= 0.3 is 5.97 Å². The Balaban J connectivity index is 2.44. The number of carbonyl (C=O) groups excluding carboxylic acids is 1. The Labute approximate surface area is 109 Å². The molecule has 0 spiro atoms. The molecule has 0 aliphatic heterocycles. The van der Waals surface area contributed by atoms with Gasteiger partial charge in [-0.2, -0.15) is 0 Å². The Morgan fingerprint density at radius 2 is 2.05 bits per heavy atom. The highest BCUT2D eigenvalue weighted by Crippen LogP contribution is 2.24. The first kappa shape index (κ1) is 12.9. The molecule has 0 aliphatic rings. The average molecular weight is 262 g/mol. The minimum Gasteiger partial charge on any atom is -0.497 e. The second kappa shape index (κ2) is 5.43. The molecule has 1 aromatic heterocycles. The average Bonchev–Trinajstić information content (AvgIpc) is 2.46. The summed E-state index contributed by atoms with van der Waals surface area (Å²) >= 11 is 0. The van der Waals surface area contributed by atoms with Gasteiger partial charge in [0.1, 0.15) is 11.6 Å². The molecule has 98 valence electrons. The molecule has 0 atom stereocenters. The summed E-state index contributed by atoms with van der Waals surface area (Å²) in [4.78, 5) is 19.2. The first-order chi connectivity index (χ1) is 9.15. The van der Waals surface area contributed by atoms with Crippen molar-refractivity contribution in [3.63, 3.8) is 0 Å². The van der Waals surface area contributed by atoms with E-state index in [4.69, 9.17) is 4.74 Å². The van der Waals surface area contributed by atoms with Crippen molar-refractivity contribution in [2.75, 3.05) is 14.2 Å². The number of ether oxygens (including phenoxy) is 2. The van der Waals surface area contributed by atoms with E-state index in [0.717, 1.165) is 0 Å². The van der Waals surface area contributed by atoms with Gasteiger partial charge in [-0.15, -0.1) is 0 Å². The SMILES string of the molecule is COC(=O)c1cncc(-c2ccc(OC)cc2F)n1. The second-order valence-electron chi connectivity index (χ2n) is 3.63. The van der Waals surface area contributed by atoms with E-state index in [1.807, 2.05) is 0 Å². The van der Waals surface area contributed by atoms with E-state index in [1.165, 1.54) is 38.7 Å². The van der Waals surface area contributed by atoms with Crippen LogP contribution in [0.3, 0.4) is 0 Å². The molecule has 0 N–H and O–H groups in total. The highest BCUT2D eigenvalue weighted by molar-refractivity contribution is 5.87. The van der Waals surface area contributed by atoms with Crippen LogP contribution in [0.25, 0.3) is 11.3 Å². The topological polar surface area (TPSA) is 61.3 Å². The molecule has 0 unspecified atom stereocenters. The summed E-state index contributed by atoms with van der Waals surface area (Å²) in [5.41, 5.74) is 0.511. The predicted molar refractivity (Wildman–Crippen MR) is 65.3 cm³/mol. The summed E-state index contributed by atoms with van der Waals surface area (Å²) in [6.45, 7) is 0. The molecule has 0 fully saturated rings. The smallest absolute Gasteiger partial charge is 0.358 e. The highest BCUT2D eigenvalue weighted by Gasteiger charge is 2.12. The van der Waals surface area contributed by atoms with Crippen molar-refractivity contribution in [1.82, 2.24) is 9.97 Å². The lowest BCUT2D eigenvalue weighted by Gasteiger charge is -2.06. The molecule has 0 amide bonds. The number of nitrogens with zero attached hydrogens (tertiary/aromatic N) is 2. The van der Waals surface area contributed by atoms with Gasteiger partial charge in [0.25, 0.3) is 0 Å². The van der Waals surface area contributed by atoms with Gasteiger partial charge in [0.15, 0.2) is 5.69 Å². The third kappa shape index (κ3) is 2.67. The second-order valence-corrected chi connectivity index (χ2v) is 3.63. The number of methoxy groups -OCH3 is 2. The number of carbonyl (C=O) groups is 1. The molecule has 1 heterocycles. The molecule has 0 aliphatic carbocycles. The minimum absolute atomic E-state index is 0.0234. The van der Waals surface area contributed by atoms with Crippen LogP contribution in [0.15, 0.2) is 30.6 Å². The van der Waals surface area contributed by atoms with E-state index in [1.54, 1.807) is 6.07 Å². The zero-order chi connectivity index (χ0) is 13.8. The number of rotatable bonds is 3. The number of esters is 1. The van der Waals surface area contributed by atoms with Crippen LogP contribution >= 0.6 is 0 Å². The molecule has 2 aromatic rings. The van der Waals surface area contributed by atoms with Gasteiger partial charge in [-0.3, -0.25) is 4.98 Å². The van der Waals surface area contributed by atoms with Crippen molar-refractivity contribution in [3.8, 4) is 17.0 Å². The molecular formula is C13H11FN2O3. The molecule has 0 radical (unpaired) electrons. The van der Waals surface area contributed by atoms with Crippen molar-refractivity contribution >= 4 is 5.97 Å². The van der Waals surface area contributed by atoms with Crippen LogP contribution in [-0.4, -0.2) is 30.2 Å². The zero-order valence-corrected chi connectivity index (χ0v) is 10.4. The monoisotopic (exact) mass is 262 g/mol. The largest absolute Gasteiger partial charge is 0.497 e. The number of aromatic nitrogens is 2. The van der Waals surface area contributed by atoms with Crippen LogP contribution in [0.5, 0.6) is 5.75 Å². The van der Waals surface area contributed by atoms with Gasteiger partial charge in [0, 0.05) is 11.6 Å². The predicted octanol–water partition coefficient (Wildman–Crippen LogP) is 2.08. The summed E-state index contributed by atoms with van der Waals surface area (Å²) in [6.07, 6.45) is 2.63.